The van der Waals surface area contributed by atoms with Crippen molar-refractivity contribution in [3.8, 4) is 17.5 Å². The number of nitro groups is 1. The third kappa shape index (κ3) is 5.89. The zero-order valence-electron chi connectivity index (χ0n) is 19.0. The highest BCUT2D eigenvalue weighted by Gasteiger charge is 2.16. The maximum atomic E-state index is 12.8. The minimum absolute atomic E-state index is 0.0652. The van der Waals surface area contributed by atoms with Crippen LogP contribution in [-0.2, 0) is 4.74 Å². The fraction of sp³-hybridized carbons (Fsp3) is 0.292. The van der Waals surface area contributed by atoms with Gasteiger partial charge in [0.2, 0.25) is 0 Å². The zero-order chi connectivity index (χ0) is 24.9. The number of rotatable bonds is 7. The van der Waals surface area contributed by atoms with Crippen LogP contribution in [0.5, 0.6) is 5.75 Å². The molecule has 10 heteroatoms. The molecular formula is C24H24N4O6. The number of hydrogen-bond acceptors (Lipinski definition) is 7. The number of alkyl carbamates (subject to hydrolysis) is 1. The van der Waals surface area contributed by atoms with Crippen LogP contribution < -0.4 is 15.6 Å². The summed E-state index contributed by atoms with van der Waals surface area (Å²) in [7, 11) is 0. The number of nitrogens with zero attached hydrogens (tertiary/aromatic N) is 3. The lowest BCUT2D eigenvalue weighted by Crippen LogP contribution is -2.33. The Morgan fingerprint density at radius 3 is 2.50 bits per heavy atom. The van der Waals surface area contributed by atoms with E-state index in [1.807, 2.05) is 6.07 Å². The summed E-state index contributed by atoms with van der Waals surface area (Å²) in [5.41, 5.74) is -0.329. The van der Waals surface area contributed by atoms with Gasteiger partial charge in [-0.3, -0.25) is 19.5 Å². The molecule has 1 heterocycles. The molecule has 0 aliphatic carbocycles. The molecule has 1 aromatic heterocycles. The normalized spacial score (nSPS) is 11.0. The molecule has 0 bridgehead atoms. The number of carbonyl (C=O) groups excluding carboxylic acids is 1. The highest BCUT2D eigenvalue weighted by Crippen LogP contribution is 2.24. The van der Waals surface area contributed by atoms with Crippen molar-refractivity contribution in [1.82, 2.24) is 9.88 Å². The van der Waals surface area contributed by atoms with E-state index in [4.69, 9.17) is 9.47 Å². The monoisotopic (exact) mass is 464 g/mol. The predicted molar refractivity (Wildman–Crippen MR) is 125 cm³/mol. The van der Waals surface area contributed by atoms with Crippen LogP contribution in [0.3, 0.4) is 0 Å². The van der Waals surface area contributed by atoms with Crippen LogP contribution in [-0.4, -0.2) is 34.3 Å². The van der Waals surface area contributed by atoms with E-state index in [1.165, 1.54) is 34.9 Å². The Labute approximate surface area is 195 Å². The molecule has 3 aromatic rings. The molecule has 0 radical (unpaired) electrons. The average Bonchev–Trinajstić information content (AvgIpc) is 2.77. The van der Waals surface area contributed by atoms with Crippen molar-refractivity contribution < 1.29 is 19.2 Å². The third-order valence-electron chi connectivity index (χ3n) is 4.67. The summed E-state index contributed by atoms with van der Waals surface area (Å²) in [4.78, 5) is 34.9. The van der Waals surface area contributed by atoms with Crippen LogP contribution in [0.4, 0.5) is 10.5 Å². The van der Waals surface area contributed by atoms with E-state index in [-0.39, 0.29) is 11.3 Å². The highest BCUT2D eigenvalue weighted by molar-refractivity contribution is 5.83. The summed E-state index contributed by atoms with van der Waals surface area (Å²) in [6, 6.07) is 14.0. The minimum atomic E-state index is -0.566. The largest absolute Gasteiger partial charge is 0.494 e. The molecule has 34 heavy (non-hydrogen) atoms. The molecule has 2 aromatic carbocycles. The lowest BCUT2D eigenvalue weighted by molar-refractivity contribution is -0.384. The number of nitro benzene ring substituents is 1. The lowest BCUT2D eigenvalue weighted by atomic mass is 10.1. The minimum Gasteiger partial charge on any atom is -0.494 e. The average molecular weight is 464 g/mol. The van der Waals surface area contributed by atoms with Gasteiger partial charge in [-0.15, -0.1) is 0 Å². The van der Waals surface area contributed by atoms with E-state index >= 15 is 0 Å². The second-order valence-electron chi connectivity index (χ2n) is 8.44. The molecule has 0 unspecified atom stereocenters. The lowest BCUT2D eigenvalue weighted by Gasteiger charge is -2.19. The van der Waals surface area contributed by atoms with Gasteiger partial charge in [0, 0.05) is 29.8 Å². The third-order valence-corrected chi connectivity index (χ3v) is 4.67. The summed E-state index contributed by atoms with van der Waals surface area (Å²) < 4.78 is 12.3. The first-order valence-electron chi connectivity index (χ1n) is 10.5. The van der Waals surface area contributed by atoms with Crippen molar-refractivity contribution in [2.24, 2.45) is 0 Å². The fourth-order valence-corrected chi connectivity index (χ4v) is 3.22. The Hall–Kier alpha value is -4.39. The fourth-order valence-electron chi connectivity index (χ4n) is 3.22. The molecule has 0 spiro atoms. The molecule has 0 saturated heterocycles. The summed E-state index contributed by atoms with van der Waals surface area (Å²) in [6.45, 7) is 6.06. The van der Waals surface area contributed by atoms with Crippen molar-refractivity contribution in [1.29, 1.82) is 5.26 Å². The summed E-state index contributed by atoms with van der Waals surface area (Å²) in [6.07, 6.45) is 0.0506. The first kappa shape index (κ1) is 24.3. The smallest absolute Gasteiger partial charge is 0.407 e. The van der Waals surface area contributed by atoms with Crippen LogP contribution in [0.1, 0.15) is 32.8 Å². The molecule has 1 amide bonds. The van der Waals surface area contributed by atoms with Crippen LogP contribution in [0, 0.1) is 21.4 Å². The first-order valence-corrected chi connectivity index (χ1v) is 10.5. The number of hydrogen-bond donors (Lipinski definition) is 1. The van der Waals surface area contributed by atoms with Gasteiger partial charge in [-0.1, -0.05) is 0 Å². The number of nitriles is 1. The van der Waals surface area contributed by atoms with Crippen LogP contribution in [0.2, 0.25) is 0 Å². The van der Waals surface area contributed by atoms with Crippen molar-refractivity contribution in [2.75, 3.05) is 13.2 Å². The van der Waals surface area contributed by atoms with E-state index in [0.717, 1.165) is 0 Å². The number of benzene rings is 2. The standard InChI is InChI=1S/C24H24N4O6/c1-24(2,3)34-23(30)26-11-4-12-33-20-9-10-21-16(14-20)13-17(15-25)22(29)27(21)18-5-7-19(8-6-18)28(31)32/h5-10,13-14H,4,11-12H2,1-3H3,(H,26,30). The molecule has 176 valence electrons. The Bertz CT molecular complexity index is 1320. The van der Waals surface area contributed by atoms with Crippen molar-refractivity contribution >= 4 is 22.7 Å². The summed E-state index contributed by atoms with van der Waals surface area (Å²) in [5, 5.41) is 23.6. The highest BCUT2D eigenvalue weighted by atomic mass is 16.6. The quantitative estimate of drug-likeness (QED) is 0.316. The van der Waals surface area contributed by atoms with Gasteiger partial charge in [0.25, 0.3) is 11.2 Å². The van der Waals surface area contributed by atoms with Crippen LogP contribution in [0.15, 0.2) is 53.3 Å². The number of non-ortho nitro benzene ring substituents is 1. The second kappa shape index (κ2) is 10.0. The van der Waals surface area contributed by atoms with E-state index in [2.05, 4.69) is 5.32 Å². The van der Waals surface area contributed by atoms with Crippen molar-refractivity contribution in [3.05, 3.63) is 74.6 Å². The number of pyridine rings is 1. The molecule has 0 aliphatic rings. The van der Waals surface area contributed by atoms with Crippen LogP contribution >= 0.6 is 0 Å². The second-order valence-corrected chi connectivity index (χ2v) is 8.44. The van der Waals surface area contributed by atoms with Gasteiger partial charge in [0.15, 0.2) is 0 Å². The predicted octanol–water partition coefficient (Wildman–Crippen LogP) is 4.06. The molecule has 10 nitrogen and oxygen atoms in total. The topological polar surface area (TPSA) is 136 Å². The molecule has 0 aliphatic heterocycles. The molecule has 0 saturated carbocycles. The number of aromatic nitrogens is 1. The van der Waals surface area contributed by atoms with E-state index < -0.39 is 22.2 Å². The summed E-state index contributed by atoms with van der Waals surface area (Å²) in [5.74, 6) is 0.530. The Morgan fingerprint density at radius 1 is 1.18 bits per heavy atom. The van der Waals surface area contributed by atoms with E-state index in [1.54, 1.807) is 39.0 Å². The van der Waals surface area contributed by atoms with E-state index in [0.29, 0.717) is 41.9 Å². The van der Waals surface area contributed by atoms with Gasteiger partial charge in [0.1, 0.15) is 23.0 Å². The van der Waals surface area contributed by atoms with Gasteiger partial charge in [0.05, 0.1) is 17.0 Å². The Morgan fingerprint density at radius 2 is 1.88 bits per heavy atom. The SMILES string of the molecule is CC(C)(C)OC(=O)NCCCOc1ccc2c(c1)cc(C#N)c(=O)n2-c1ccc([N+](=O)[O-])cc1. The number of carbonyl (C=O) groups is 1. The molecule has 3 rings (SSSR count). The number of nitrogens with one attached hydrogen (secondary N) is 1. The van der Waals surface area contributed by atoms with Gasteiger partial charge < -0.3 is 14.8 Å². The molecular weight excluding hydrogens is 440 g/mol. The molecule has 0 atom stereocenters. The summed E-state index contributed by atoms with van der Waals surface area (Å²) >= 11 is 0. The van der Waals surface area contributed by atoms with Crippen molar-refractivity contribution in [2.45, 2.75) is 32.8 Å². The Balaban J connectivity index is 1.77. The van der Waals surface area contributed by atoms with Gasteiger partial charge in [-0.05, 0) is 63.6 Å². The number of ether oxygens (including phenoxy) is 2. The maximum Gasteiger partial charge on any atom is 0.407 e. The molecule has 1 N–H and O–H groups in total. The number of fused-ring (bicyclic) bond motifs is 1. The maximum absolute atomic E-state index is 12.8. The zero-order valence-corrected chi connectivity index (χ0v) is 19.0. The van der Waals surface area contributed by atoms with Crippen LogP contribution in [0.25, 0.3) is 16.6 Å². The number of amides is 1. The van der Waals surface area contributed by atoms with Gasteiger partial charge in [-0.25, -0.2) is 4.79 Å². The molecule has 0 fully saturated rings. The van der Waals surface area contributed by atoms with E-state index in [9.17, 15) is 25.0 Å². The van der Waals surface area contributed by atoms with Crippen molar-refractivity contribution in [3.63, 3.8) is 0 Å². The first-order chi connectivity index (χ1) is 16.1. The Kier molecular flexibility index (Phi) is 7.16. The van der Waals surface area contributed by atoms with Gasteiger partial charge >= 0.3 is 6.09 Å². The van der Waals surface area contributed by atoms with Gasteiger partial charge in [-0.2, -0.15) is 5.26 Å².